The molecule has 1 aliphatic heterocycles. The molecule has 0 aliphatic carbocycles. The van der Waals surface area contributed by atoms with Gasteiger partial charge in [0.2, 0.25) is 0 Å². The third-order valence-electron chi connectivity index (χ3n) is 4.63. The molecular weight excluding hydrogens is 338 g/mol. The van der Waals surface area contributed by atoms with Gasteiger partial charge in [-0.25, -0.2) is 0 Å². The van der Waals surface area contributed by atoms with E-state index in [-0.39, 0.29) is 17.6 Å². The molecule has 1 atom stereocenters. The monoisotopic (exact) mass is 367 g/mol. The standard InChI is InChI=1S/C23H29NO3/c1-17-7-9-18(10-8-17)22(25)24-15-5-6-19(24)16-26-20-11-13-21(14-12-20)27-23(2,3)4/h7-14,19H,5-6,15-16H2,1-4H3/t19-/m0/s1. The van der Waals surface area contributed by atoms with Crippen molar-refractivity contribution in [1.29, 1.82) is 0 Å². The first-order chi connectivity index (χ1) is 12.8. The molecule has 0 bridgehead atoms. The molecule has 0 spiro atoms. The highest BCUT2D eigenvalue weighted by Crippen LogP contribution is 2.24. The van der Waals surface area contributed by atoms with Crippen LogP contribution in [-0.2, 0) is 0 Å². The predicted octanol–water partition coefficient (Wildman–Crippen LogP) is 4.86. The van der Waals surface area contributed by atoms with Crippen LogP contribution in [0.2, 0.25) is 0 Å². The van der Waals surface area contributed by atoms with Gasteiger partial charge in [-0.3, -0.25) is 4.79 Å². The molecule has 4 heteroatoms. The summed E-state index contributed by atoms with van der Waals surface area (Å²) in [5.41, 5.74) is 1.69. The molecular formula is C23H29NO3. The molecule has 1 fully saturated rings. The van der Waals surface area contributed by atoms with Crippen LogP contribution in [0.15, 0.2) is 48.5 Å². The fraction of sp³-hybridized carbons (Fsp3) is 0.435. The molecule has 0 aromatic heterocycles. The summed E-state index contributed by atoms with van der Waals surface area (Å²) in [7, 11) is 0. The zero-order valence-corrected chi connectivity index (χ0v) is 16.7. The Morgan fingerprint density at radius 1 is 1.04 bits per heavy atom. The molecule has 0 unspecified atom stereocenters. The smallest absolute Gasteiger partial charge is 0.254 e. The molecule has 3 rings (SSSR count). The first-order valence-electron chi connectivity index (χ1n) is 9.61. The topological polar surface area (TPSA) is 38.8 Å². The van der Waals surface area contributed by atoms with E-state index in [0.717, 1.165) is 42.0 Å². The van der Waals surface area contributed by atoms with Gasteiger partial charge >= 0.3 is 0 Å². The normalized spacial score (nSPS) is 17.0. The van der Waals surface area contributed by atoms with Crippen LogP contribution in [-0.4, -0.2) is 35.6 Å². The summed E-state index contributed by atoms with van der Waals surface area (Å²) in [6.45, 7) is 9.40. The van der Waals surface area contributed by atoms with Gasteiger partial charge in [-0.05, 0) is 76.9 Å². The number of ether oxygens (including phenoxy) is 2. The predicted molar refractivity (Wildman–Crippen MR) is 108 cm³/mol. The van der Waals surface area contributed by atoms with Crippen LogP contribution in [0.1, 0.15) is 49.5 Å². The maximum atomic E-state index is 12.8. The Kier molecular flexibility index (Phi) is 5.73. The molecule has 0 saturated carbocycles. The Balaban J connectivity index is 1.58. The molecule has 0 radical (unpaired) electrons. The molecule has 4 nitrogen and oxygen atoms in total. The van der Waals surface area contributed by atoms with Crippen LogP contribution in [0.5, 0.6) is 11.5 Å². The lowest BCUT2D eigenvalue weighted by Crippen LogP contribution is -2.39. The van der Waals surface area contributed by atoms with E-state index in [1.54, 1.807) is 0 Å². The Hall–Kier alpha value is -2.49. The number of hydrogen-bond acceptors (Lipinski definition) is 3. The van der Waals surface area contributed by atoms with Gasteiger partial charge in [0.25, 0.3) is 5.91 Å². The molecule has 27 heavy (non-hydrogen) atoms. The molecule has 0 N–H and O–H groups in total. The maximum Gasteiger partial charge on any atom is 0.254 e. The molecule has 2 aromatic carbocycles. The van der Waals surface area contributed by atoms with Gasteiger partial charge in [0, 0.05) is 12.1 Å². The summed E-state index contributed by atoms with van der Waals surface area (Å²) < 4.78 is 11.8. The van der Waals surface area contributed by atoms with Crippen LogP contribution in [0.3, 0.4) is 0 Å². The summed E-state index contributed by atoms with van der Waals surface area (Å²) in [5, 5.41) is 0. The Labute approximate surface area is 162 Å². The van der Waals surface area contributed by atoms with Crippen LogP contribution in [0, 0.1) is 6.92 Å². The van der Waals surface area contributed by atoms with Gasteiger partial charge in [-0.2, -0.15) is 0 Å². The van der Waals surface area contributed by atoms with Gasteiger partial charge in [-0.15, -0.1) is 0 Å². The largest absolute Gasteiger partial charge is 0.491 e. The minimum atomic E-state index is -0.219. The first-order valence-corrected chi connectivity index (χ1v) is 9.61. The lowest BCUT2D eigenvalue weighted by Gasteiger charge is -2.25. The number of nitrogens with zero attached hydrogens (tertiary/aromatic N) is 1. The number of aryl methyl sites for hydroxylation is 1. The number of hydrogen-bond donors (Lipinski definition) is 0. The van der Waals surface area contributed by atoms with E-state index >= 15 is 0 Å². The van der Waals surface area contributed by atoms with Gasteiger partial charge in [-0.1, -0.05) is 17.7 Å². The number of likely N-dealkylation sites (tertiary alicyclic amines) is 1. The second kappa shape index (κ2) is 8.03. The summed E-state index contributed by atoms with van der Waals surface area (Å²) >= 11 is 0. The van der Waals surface area contributed by atoms with Gasteiger partial charge in [0.1, 0.15) is 23.7 Å². The van der Waals surface area contributed by atoms with E-state index in [1.165, 1.54) is 0 Å². The zero-order chi connectivity index (χ0) is 19.4. The lowest BCUT2D eigenvalue weighted by molar-refractivity contribution is 0.0691. The molecule has 2 aromatic rings. The number of amides is 1. The second-order valence-electron chi connectivity index (χ2n) is 8.16. The molecule has 144 valence electrons. The van der Waals surface area contributed by atoms with E-state index in [9.17, 15) is 4.79 Å². The summed E-state index contributed by atoms with van der Waals surface area (Å²) in [5.74, 6) is 1.72. The van der Waals surface area contributed by atoms with Crippen molar-refractivity contribution in [2.24, 2.45) is 0 Å². The quantitative estimate of drug-likeness (QED) is 0.758. The van der Waals surface area contributed by atoms with E-state index in [2.05, 4.69) is 0 Å². The zero-order valence-electron chi connectivity index (χ0n) is 16.7. The van der Waals surface area contributed by atoms with Crippen molar-refractivity contribution in [3.05, 3.63) is 59.7 Å². The molecule has 1 amide bonds. The fourth-order valence-corrected chi connectivity index (χ4v) is 3.29. The minimum absolute atomic E-state index is 0.0926. The Morgan fingerprint density at radius 2 is 1.67 bits per heavy atom. The third kappa shape index (κ3) is 5.25. The van der Waals surface area contributed by atoms with Crippen molar-refractivity contribution in [2.45, 2.75) is 52.2 Å². The van der Waals surface area contributed by atoms with Gasteiger partial charge in [0.05, 0.1) is 6.04 Å². The number of rotatable bonds is 5. The summed E-state index contributed by atoms with van der Waals surface area (Å²) in [4.78, 5) is 14.8. The Morgan fingerprint density at radius 3 is 2.30 bits per heavy atom. The molecule has 1 heterocycles. The molecule has 1 aliphatic rings. The maximum absolute atomic E-state index is 12.8. The van der Waals surface area contributed by atoms with Gasteiger partial charge in [0.15, 0.2) is 0 Å². The van der Waals surface area contributed by atoms with Crippen molar-refractivity contribution in [1.82, 2.24) is 4.90 Å². The second-order valence-corrected chi connectivity index (χ2v) is 8.16. The van der Waals surface area contributed by atoms with Crippen LogP contribution >= 0.6 is 0 Å². The minimum Gasteiger partial charge on any atom is -0.491 e. The average Bonchev–Trinajstić information content (AvgIpc) is 3.08. The Bertz CT molecular complexity index is 760. The van der Waals surface area contributed by atoms with Crippen molar-refractivity contribution < 1.29 is 14.3 Å². The molecule has 1 saturated heterocycles. The van der Waals surface area contributed by atoms with E-state index < -0.39 is 0 Å². The van der Waals surface area contributed by atoms with Gasteiger partial charge < -0.3 is 14.4 Å². The number of benzene rings is 2. The van der Waals surface area contributed by atoms with Crippen molar-refractivity contribution >= 4 is 5.91 Å². The highest BCUT2D eigenvalue weighted by molar-refractivity contribution is 5.94. The van der Waals surface area contributed by atoms with Crippen LogP contribution in [0.4, 0.5) is 0 Å². The highest BCUT2D eigenvalue weighted by Gasteiger charge is 2.29. The van der Waals surface area contributed by atoms with Crippen molar-refractivity contribution in [3.8, 4) is 11.5 Å². The number of carbonyl (C=O) groups excluding carboxylic acids is 1. The van der Waals surface area contributed by atoms with E-state index in [0.29, 0.717) is 6.61 Å². The summed E-state index contributed by atoms with van der Waals surface area (Å²) in [6, 6.07) is 15.6. The highest BCUT2D eigenvalue weighted by atomic mass is 16.5. The van der Waals surface area contributed by atoms with E-state index in [4.69, 9.17) is 9.47 Å². The van der Waals surface area contributed by atoms with E-state index in [1.807, 2.05) is 81.1 Å². The SMILES string of the molecule is Cc1ccc(C(=O)N2CCC[C@H]2COc2ccc(OC(C)(C)C)cc2)cc1. The van der Waals surface area contributed by atoms with Crippen LogP contribution in [0.25, 0.3) is 0 Å². The fourth-order valence-electron chi connectivity index (χ4n) is 3.29. The first kappa shape index (κ1) is 19.3. The van der Waals surface area contributed by atoms with Crippen LogP contribution < -0.4 is 9.47 Å². The van der Waals surface area contributed by atoms with Crippen molar-refractivity contribution in [2.75, 3.05) is 13.2 Å². The lowest BCUT2D eigenvalue weighted by atomic mass is 10.1. The van der Waals surface area contributed by atoms with Crippen molar-refractivity contribution in [3.63, 3.8) is 0 Å². The average molecular weight is 367 g/mol. The third-order valence-corrected chi connectivity index (χ3v) is 4.63. The number of carbonyl (C=O) groups is 1. The summed E-state index contributed by atoms with van der Waals surface area (Å²) in [6.07, 6.45) is 1.99.